The van der Waals surface area contributed by atoms with E-state index in [1.165, 1.54) is 23.1 Å². The lowest BCUT2D eigenvalue weighted by Gasteiger charge is -2.06. The third-order valence-corrected chi connectivity index (χ3v) is 6.63. The van der Waals surface area contributed by atoms with Crippen LogP contribution >= 0.6 is 39.0 Å². The smallest absolute Gasteiger partial charge is 0.236 e. The molecule has 3 aromatic rings. The Bertz CT molecular complexity index is 1020. The Morgan fingerprint density at radius 2 is 1.79 bits per heavy atom. The third-order valence-electron chi connectivity index (χ3n) is 4.33. The van der Waals surface area contributed by atoms with Gasteiger partial charge in [0.05, 0.1) is 11.4 Å². The van der Waals surface area contributed by atoms with Crippen LogP contribution in [-0.4, -0.2) is 22.6 Å². The zero-order valence-electron chi connectivity index (χ0n) is 15.4. The van der Waals surface area contributed by atoms with Crippen molar-refractivity contribution in [3.05, 3.63) is 58.4 Å². The van der Waals surface area contributed by atoms with Gasteiger partial charge >= 0.3 is 0 Å². The normalized spacial score (nSPS) is 13.1. The Labute approximate surface area is 185 Å². The molecule has 5 nitrogen and oxygen atoms in total. The fourth-order valence-corrected chi connectivity index (χ4v) is 4.31. The van der Waals surface area contributed by atoms with Gasteiger partial charge in [-0.05, 0) is 49.2 Å². The van der Waals surface area contributed by atoms with Gasteiger partial charge in [0.25, 0.3) is 0 Å². The molecule has 0 saturated heterocycles. The van der Waals surface area contributed by atoms with Gasteiger partial charge in [-0.2, -0.15) is 0 Å². The highest BCUT2D eigenvalue weighted by molar-refractivity contribution is 9.10. The van der Waals surface area contributed by atoms with Crippen LogP contribution in [0.3, 0.4) is 0 Å². The number of amides is 2. The van der Waals surface area contributed by atoms with Gasteiger partial charge < -0.3 is 10.6 Å². The Kier molecular flexibility index (Phi) is 6.32. The largest absolute Gasteiger partial charge is 0.326 e. The Morgan fingerprint density at radius 3 is 2.48 bits per heavy atom. The highest BCUT2D eigenvalue weighted by atomic mass is 79.9. The van der Waals surface area contributed by atoms with Crippen molar-refractivity contribution >= 4 is 61.7 Å². The summed E-state index contributed by atoms with van der Waals surface area (Å²) in [5.74, 6) is 0.470. The molecule has 148 valence electrons. The van der Waals surface area contributed by atoms with Crippen LogP contribution in [0.4, 0.5) is 10.8 Å². The van der Waals surface area contributed by atoms with Crippen molar-refractivity contribution in [1.29, 1.82) is 0 Å². The lowest BCUT2D eigenvalue weighted by Crippen LogP contribution is -2.14. The predicted octanol–water partition coefficient (Wildman–Crippen LogP) is 5.65. The molecule has 4 rings (SSSR count). The van der Waals surface area contributed by atoms with E-state index in [2.05, 4.69) is 31.5 Å². The molecule has 0 atom stereocenters. The van der Waals surface area contributed by atoms with E-state index < -0.39 is 0 Å². The summed E-state index contributed by atoms with van der Waals surface area (Å²) in [6.07, 6.45) is 1.97. The number of carbonyl (C=O) groups is 2. The number of hydrogen-bond acceptors (Lipinski definition) is 5. The molecule has 1 saturated carbocycles. The minimum Gasteiger partial charge on any atom is -0.326 e. The summed E-state index contributed by atoms with van der Waals surface area (Å²) in [6, 6.07) is 15.5. The molecule has 1 heterocycles. The monoisotopic (exact) mass is 487 g/mol. The van der Waals surface area contributed by atoms with Gasteiger partial charge in [-0.1, -0.05) is 28.1 Å². The van der Waals surface area contributed by atoms with E-state index in [9.17, 15) is 9.59 Å². The third kappa shape index (κ3) is 5.68. The number of carbonyl (C=O) groups excluding carboxylic acids is 2. The van der Waals surface area contributed by atoms with Gasteiger partial charge in [0.2, 0.25) is 11.8 Å². The van der Waals surface area contributed by atoms with Gasteiger partial charge in [-0.15, -0.1) is 23.1 Å². The lowest BCUT2D eigenvalue weighted by atomic mass is 10.2. The summed E-state index contributed by atoms with van der Waals surface area (Å²) in [5, 5.41) is 8.28. The number of nitrogens with one attached hydrogen (secondary N) is 2. The minimum atomic E-state index is -0.0992. The summed E-state index contributed by atoms with van der Waals surface area (Å²) < 4.78 is 1.01. The topological polar surface area (TPSA) is 71.1 Å². The van der Waals surface area contributed by atoms with E-state index in [0.717, 1.165) is 39.2 Å². The fourth-order valence-electron chi connectivity index (χ4n) is 2.61. The van der Waals surface area contributed by atoms with Crippen LogP contribution in [0.25, 0.3) is 11.3 Å². The van der Waals surface area contributed by atoms with E-state index in [0.29, 0.717) is 10.9 Å². The fraction of sp³-hybridized carbons (Fsp3) is 0.190. The SMILES string of the molecule is O=C(CSc1ccc(NC(=O)C2CC2)cc1)Nc1nc(-c2ccc(Br)cc2)cs1. The van der Waals surface area contributed by atoms with E-state index in [-0.39, 0.29) is 17.7 Å². The van der Waals surface area contributed by atoms with Crippen LogP contribution in [-0.2, 0) is 9.59 Å². The van der Waals surface area contributed by atoms with Crippen LogP contribution in [0, 0.1) is 5.92 Å². The number of benzene rings is 2. The second-order valence-corrected chi connectivity index (χ2v) is 9.49. The second-order valence-electron chi connectivity index (χ2n) is 6.67. The maximum absolute atomic E-state index is 12.2. The first kappa shape index (κ1) is 20.1. The summed E-state index contributed by atoms with van der Waals surface area (Å²) in [5.41, 5.74) is 2.64. The molecule has 0 spiro atoms. The predicted molar refractivity (Wildman–Crippen MR) is 122 cm³/mol. The average molecular weight is 488 g/mol. The standard InChI is InChI=1S/C21H18BrN3O2S2/c22-15-5-3-13(4-6-15)18-11-29-21(24-18)25-19(26)12-28-17-9-7-16(8-10-17)23-20(27)14-1-2-14/h3-11,14H,1-2,12H2,(H,23,27)(H,24,25,26). The molecule has 1 aliphatic rings. The molecule has 2 aromatic carbocycles. The van der Waals surface area contributed by atoms with Crippen molar-refractivity contribution in [3.8, 4) is 11.3 Å². The Morgan fingerprint density at radius 1 is 1.07 bits per heavy atom. The molecule has 0 bridgehead atoms. The maximum Gasteiger partial charge on any atom is 0.236 e. The van der Waals surface area contributed by atoms with E-state index >= 15 is 0 Å². The van der Waals surface area contributed by atoms with Crippen LogP contribution in [0.2, 0.25) is 0 Å². The van der Waals surface area contributed by atoms with Crippen LogP contribution in [0.15, 0.2) is 63.3 Å². The lowest BCUT2D eigenvalue weighted by molar-refractivity contribution is -0.117. The molecule has 29 heavy (non-hydrogen) atoms. The summed E-state index contributed by atoms with van der Waals surface area (Å²) in [7, 11) is 0. The van der Waals surface area contributed by atoms with E-state index in [1.807, 2.05) is 53.9 Å². The zero-order chi connectivity index (χ0) is 20.2. The Balaban J connectivity index is 1.26. The van der Waals surface area contributed by atoms with Crippen molar-refractivity contribution in [2.75, 3.05) is 16.4 Å². The Hall–Kier alpha value is -2.16. The number of hydrogen-bond donors (Lipinski definition) is 2. The molecule has 0 aliphatic heterocycles. The van der Waals surface area contributed by atoms with E-state index in [4.69, 9.17) is 0 Å². The molecular formula is C21H18BrN3O2S2. The van der Waals surface area contributed by atoms with Crippen LogP contribution < -0.4 is 10.6 Å². The van der Waals surface area contributed by atoms with Gasteiger partial charge in [0.15, 0.2) is 5.13 Å². The van der Waals surface area contributed by atoms with Gasteiger partial charge in [0, 0.05) is 31.9 Å². The molecule has 2 N–H and O–H groups in total. The van der Waals surface area contributed by atoms with Gasteiger partial charge in [0.1, 0.15) is 0 Å². The highest BCUT2D eigenvalue weighted by Gasteiger charge is 2.29. The quantitative estimate of drug-likeness (QED) is 0.422. The minimum absolute atomic E-state index is 0.0933. The first-order valence-corrected chi connectivity index (χ1v) is 11.8. The van der Waals surface area contributed by atoms with Crippen molar-refractivity contribution in [1.82, 2.24) is 4.98 Å². The molecule has 8 heteroatoms. The number of aromatic nitrogens is 1. The number of nitrogens with zero attached hydrogens (tertiary/aromatic N) is 1. The van der Waals surface area contributed by atoms with Crippen molar-refractivity contribution in [3.63, 3.8) is 0 Å². The van der Waals surface area contributed by atoms with Crippen molar-refractivity contribution in [2.24, 2.45) is 5.92 Å². The zero-order valence-corrected chi connectivity index (χ0v) is 18.6. The number of thiazole rings is 1. The average Bonchev–Trinajstić information content (AvgIpc) is 3.48. The summed E-state index contributed by atoms with van der Waals surface area (Å²) in [6.45, 7) is 0. The van der Waals surface area contributed by atoms with Gasteiger partial charge in [-0.25, -0.2) is 4.98 Å². The van der Waals surface area contributed by atoms with Crippen molar-refractivity contribution < 1.29 is 9.59 Å². The summed E-state index contributed by atoms with van der Waals surface area (Å²) in [4.78, 5) is 29.5. The van der Waals surface area contributed by atoms with Crippen molar-refractivity contribution in [2.45, 2.75) is 17.7 Å². The van der Waals surface area contributed by atoms with Crippen LogP contribution in [0.5, 0.6) is 0 Å². The highest BCUT2D eigenvalue weighted by Crippen LogP contribution is 2.30. The van der Waals surface area contributed by atoms with E-state index in [1.54, 1.807) is 0 Å². The number of anilines is 2. The first-order chi connectivity index (χ1) is 14.1. The molecule has 1 fully saturated rings. The number of rotatable bonds is 7. The second kappa shape index (κ2) is 9.11. The van der Waals surface area contributed by atoms with Gasteiger partial charge in [-0.3, -0.25) is 9.59 Å². The number of halogens is 1. The summed E-state index contributed by atoms with van der Waals surface area (Å²) >= 11 is 6.27. The van der Waals surface area contributed by atoms with Crippen LogP contribution in [0.1, 0.15) is 12.8 Å². The molecular weight excluding hydrogens is 470 g/mol. The molecule has 1 aliphatic carbocycles. The molecule has 0 radical (unpaired) electrons. The molecule has 0 unspecified atom stereocenters. The molecule has 1 aromatic heterocycles. The molecule has 2 amide bonds. The maximum atomic E-state index is 12.2. The number of thioether (sulfide) groups is 1. The first-order valence-electron chi connectivity index (χ1n) is 9.12.